The van der Waals surface area contributed by atoms with Gasteiger partial charge in [-0.2, -0.15) is 0 Å². The molecule has 2 heterocycles. The summed E-state index contributed by atoms with van der Waals surface area (Å²) in [5, 5.41) is 6.76. The quantitative estimate of drug-likeness (QED) is 0.263. The van der Waals surface area contributed by atoms with E-state index >= 15 is 0 Å². The van der Waals surface area contributed by atoms with Crippen LogP contribution >= 0.6 is 23.1 Å². The van der Waals surface area contributed by atoms with Crippen LogP contribution in [-0.2, 0) is 17.6 Å². The number of rotatable bonds is 7. The predicted octanol–water partition coefficient (Wildman–Crippen LogP) is 6.35. The highest BCUT2D eigenvalue weighted by Gasteiger charge is 2.16. The summed E-state index contributed by atoms with van der Waals surface area (Å²) in [6.45, 7) is 4.18. The number of carbonyl (C=O) groups is 1. The Kier molecular flexibility index (Phi) is 6.63. The van der Waals surface area contributed by atoms with Crippen molar-refractivity contribution < 1.29 is 9.18 Å². The number of fused-ring (bicyclic) bond motifs is 1. The van der Waals surface area contributed by atoms with Gasteiger partial charge >= 0.3 is 0 Å². The molecule has 0 aliphatic carbocycles. The number of aromatic nitrogens is 2. The topological polar surface area (TPSA) is 54.9 Å². The minimum atomic E-state index is -0.274. The SMILES string of the molecule is CCc1cccc(CC)c1NC(=O)CSc1ncnc2scc(-c3ccc(F)cc3)c12. The number of thioether (sulfide) groups is 1. The smallest absolute Gasteiger partial charge is 0.234 e. The van der Waals surface area contributed by atoms with Gasteiger partial charge in [-0.3, -0.25) is 4.79 Å². The molecule has 0 bridgehead atoms. The zero-order chi connectivity index (χ0) is 21.8. The van der Waals surface area contributed by atoms with Gasteiger partial charge in [-0.1, -0.05) is 55.9 Å². The zero-order valence-corrected chi connectivity index (χ0v) is 18.9. The van der Waals surface area contributed by atoms with E-state index < -0.39 is 0 Å². The Morgan fingerprint density at radius 1 is 1.06 bits per heavy atom. The number of para-hydroxylation sites is 1. The lowest BCUT2D eigenvalue weighted by molar-refractivity contribution is -0.113. The summed E-state index contributed by atoms with van der Waals surface area (Å²) < 4.78 is 13.3. The molecule has 4 aromatic rings. The summed E-state index contributed by atoms with van der Waals surface area (Å²) in [7, 11) is 0. The molecule has 1 N–H and O–H groups in total. The number of anilines is 1. The molecule has 0 saturated carbocycles. The first-order chi connectivity index (χ1) is 15.1. The normalized spacial score (nSPS) is 11.1. The number of hydrogen-bond acceptors (Lipinski definition) is 5. The molecule has 2 aromatic carbocycles. The standard InChI is InChI=1S/C24H22FN3OS2/c1-3-15-6-5-7-16(4-2)22(15)28-20(29)13-31-24-21-19(12-30-23(21)26-14-27-24)17-8-10-18(25)11-9-17/h5-12,14H,3-4,13H2,1-2H3,(H,28,29). The lowest BCUT2D eigenvalue weighted by Crippen LogP contribution is -2.16. The summed E-state index contributed by atoms with van der Waals surface area (Å²) >= 11 is 2.91. The lowest BCUT2D eigenvalue weighted by atomic mass is 10.0. The van der Waals surface area contributed by atoms with Crippen molar-refractivity contribution >= 4 is 44.9 Å². The molecule has 0 aliphatic heterocycles. The maximum atomic E-state index is 13.3. The third-order valence-corrected chi connectivity index (χ3v) is 6.97. The fraction of sp³-hybridized carbons (Fsp3) is 0.208. The van der Waals surface area contributed by atoms with E-state index in [2.05, 4.69) is 41.3 Å². The van der Waals surface area contributed by atoms with Crippen LogP contribution in [0, 0.1) is 5.82 Å². The lowest BCUT2D eigenvalue weighted by Gasteiger charge is -2.14. The van der Waals surface area contributed by atoms with Gasteiger partial charge in [0.15, 0.2) is 0 Å². The van der Waals surface area contributed by atoms with E-state index in [4.69, 9.17) is 0 Å². The van der Waals surface area contributed by atoms with Crippen molar-refractivity contribution in [3.8, 4) is 11.1 Å². The molecule has 0 unspecified atom stereocenters. The Morgan fingerprint density at radius 3 is 2.45 bits per heavy atom. The van der Waals surface area contributed by atoms with Crippen molar-refractivity contribution in [2.45, 2.75) is 31.7 Å². The molecule has 0 atom stereocenters. The van der Waals surface area contributed by atoms with Gasteiger partial charge in [-0.25, -0.2) is 14.4 Å². The maximum Gasteiger partial charge on any atom is 0.234 e. The Hall–Kier alpha value is -2.77. The number of thiophene rings is 1. The number of nitrogens with one attached hydrogen (secondary N) is 1. The van der Waals surface area contributed by atoms with Crippen LogP contribution in [-0.4, -0.2) is 21.6 Å². The average Bonchev–Trinajstić information content (AvgIpc) is 3.23. The molecule has 158 valence electrons. The first-order valence-electron chi connectivity index (χ1n) is 10.1. The van der Waals surface area contributed by atoms with Crippen molar-refractivity contribution in [3.05, 3.63) is 71.1 Å². The van der Waals surface area contributed by atoms with Crippen LogP contribution in [0.1, 0.15) is 25.0 Å². The van der Waals surface area contributed by atoms with E-state index in [0.29, 0.717) is 0 Å². The van der Waals surface area contributed by atoms with Crippen LogP contribution in [0.5, 0.6) is 0 Å². The fourth-order valence-electron chi connectivity index (χ4n) is 3.51. The van der Waals surface area contributed by atoms with Crippen molar-refractivity contribution in [1.82, 2.24) is 9.97 Å². The van der Waals surface area contributed by atoms with Gasteiger partial charge in [0, 0.05) is 16.6 Å². The van der Waals surface area contributed by atoms with E-state index in [1.165, 1.54) is 41.6 Å². The molecule has 4 nitrogen and oxygen atoms in total. The molecule has 4 rings (SSSR count). The molecular formula is C24H22FN3OS2. The third-order valence-electron chi connectivity index (χ3n) is 5.09. The van der Waals surface area contributed by atoms with E-state index in [0.717, 1.165) is 56.0 Å². The average molecular weight is 452 g/mol. The van der Waals surface area contributed by atoms with Crippen LogP contribution in [0.3, 0.4) is 0 Å². The molecule has 0 fully saturated rings. The van der Waals surface area contributed by atoms with Crippen LogP contribution in [0.15, 0.2) is 59.2 Å². The fourth-order valence-corrected chi connectivity index (χ4v) is 5.30. The Bertz CT molecular complexity index is 1200. The van der Waals surface area contributed by atoms with Crippen LogP contribution in [0.25, 0.3) is 21.3 Å². The predicted molar refractivity (Wildman–Crippen MR) is 127 cm³/mol. The molecule has 7 heteroatoms. The Balaban J connectivity index is 1.57. The van der Waals surface area contributed by atoms with Gasteiger partial charge in [-0.15, -0.1) is 11.3 Å². The van der Waals surface area contributed by atoms with Crippen molar-refractivity contribution in [3.63, 3.8) is 0 Å². The summed E-state index contributed by atoms with van der Waals surface area (Å²) in [6, 6.07) is 12.5. The second-order valence-corrected chi connectivity index (χ2v) is 8.83. The third kappa shape index (κ3) is 4.62. The van der Waals surface area contributed by atoms with Crippen molar-refractivity contribution in [1.29, 1.82) is 0 Å². The molecular weight excluding hydrogens is 429 g/mol. The van der Waals surface area contributed by atoms with E-state index in [9.17, 15) is 9.18 Å². The van der Waals surface area contributed by atoms with Gasteiger partial charge < -0.3 is 5.32 Å². The molecule has 0 spiro atoms. The maximum absolute atomic E-state index is 13.3. The molecule has 2 aromatic heterocycles. The van der Waals surface area contributed by atoms with Crippen LogP contribution in [0.2, 0.25) is 0 Å². The molecule has 1 amide bonds. The number of aryl methyl sites for hydroxylation is 2. The monoisotopic (exact) mass is 451 g/mol. The van der Waals surface area contributed by atoms with E-state index in [1.54, 1.807) is 12.1 Å². The van der Waals surface area contributed by atoms with Gasteiger partial charge in [0.05, 0.1) is 11.1 Å². The minimum Gasteiger partial charge on any atom is -0.325 e. The molecule has 0 aliphatic rings. The number of benzene rings is 2. The molecule has 0 saturated heterocycles. The largest absolute Gasteiger partial charge is 0.325 e. The van der Waals surface area contributed by atoms with Gasteiger partial charge in [-0.05, 0) is 41.7 Å². The number of halogens is 1. The first kappa shape index (κ1) is 21.5. The highest BCUT2D eigenvalue weighted by Crippen LogP contribution is 2.38. The summed E-state index contributed by atoms with van der Waals surface area (Å²) in [4.78, 5) is 22.4. The summed E-state index contributed by atoms with van der Waals surface area (Å²) in [5.74, 6) is -0.0954. The van der Waals surface area contributed by atoms with Crippen molar-refractivity contribution in [2.75, 3.05) is 11.1 Å². The van der Waals surface area contributed by atoms with Crippen molar-refractivity contribution in [2.24, 2.45) is 0 Å². The van der Waals surface area contributed by atoms with Gasteiger partial charge in [0.1, 0.15) is 22.0 Å². The molecule has 0 radical (unpaired) electrons. The summed E-state index contributed by atoms with van der Waals surface area (Å²) in [6.07, 6.45) is 3.24. The zero-order valence-electron chi connectivity index (χ0n) is 17.3. The number of hydrogen-bond donors (Lipinski definition) is 1. The van der Waals surface area contributed by atoms with E-state index in [1.807, 2.05) is 11.4 Å². The van der Waals surface area contributed by atoms with E-state index in [-0.39, 0.29) is 17.5 Å². The number of carbonyl (C=O) groups excluding carboxylic acids is 1. The minimum absolute atomic E-state index is 0.0640. The Morgan fingerprint density at radius 2 is 1.77 bits per heavy atom. The number of amides is 1. The molecule has 31 heavy (non-hydrogen) atoms. The second-order valence-electron chi connectivity index (χ2n) is 7.01. The number of nitrogens with zero attached hydrogens (tertiary/aromatic N) is 2. The highest BCUT2D eigenvalue weighted by molar-refractivity contribution is 8.00. The van der Waals surface area contributed by atoms with Gasteiger partial charge in [0.2, 0.25) is 5.91 Å². The van der Waals surface area contributed by atoms with Gasteiger partial charge in [0.25, 0.3) is 0 Å². The Labute approximate surface area is 188 Å². The van der Waals surface area contributed by atoms with Crippen LogP contribution in [0.4, 0.5) is 10.1 Å². The first-order valence-corrected chi connectivity index (χ1v) is 12.0. The van der Waals surface area contributed by atoms with Crippen LogP contribution < -0.4 is 5.32 Å². The summed E-state index contributed by atoms with van der Waals surface area (Å²) in [5.41, 5.74) is 5.05. The highest BCUT2D eigenvalue weighted by atomic mass is 32.2. The second kappa shape index (κ2) is 9.58.